The van der Waals surface area contributed by atoms with Gasteiger partial charge in [-0.1, -0.05) is 24.3 Å². The summed E-state index contributed by atoms with van der Waals surface area (Å²) in [6, 6.07) is 11.6. The first-order valence-electron chi connectivity index (χ1n) is 6.49. The second-order valence-corrected chi connectivity index (χ2v) is 5.45. The highest BCUT2D eigenvalue weighted by atomic mass is 32.1. The lowest BCUT2D eigenvalue weighted by atomic mass is 10.1. The number of aromatic amines is 1. The molecule has 0 fully saturated rings. The van der Waals surface area contributed by atoms with Crippen LogP contribution in [0.4, 0.5) is 4.39 Å². The van der Waals surface area contributed by atoms with Crippen LogP contribution in [-0.2, 0) is 6.54 Å². The molecule has 102 valence electrons. The first kappa shape index (κ1) is 13.1. The Morgan fingerprint density at radius 2 is 1.90 bits per heavy atom. The van der Waals surface area contributed by atoms with E-state index in [1.54, 1.807) is 6.92 Å². The van der Waals surface area contributed by atoms with Crippen molar-refractivity contribution in [1.29, 1.82) is 0 Å². The van der Waals surface area contributed by atoms with Gasteiger partial charge in [0.25, 0.3) is 0 Å². The van der Waals surface area contributed by atoms with Crippen LogP contribution in [0.3, 0.4) is 0 Å². The van der Waals surface area contributed by atoms with E-state index in [4.69, 9.17) is 12.2 Å². The van der Waals surface area contributed by atoms with Crippen LogP contribution in [0.2, 0.25) is 0 Å². The van der Waals surface area contributed by atoms with Crippen molar-refractivity contribution < 1.29 is 4.39 Å². The molecule has 0 aliphatic carbocycles. The minimum atomic E-state index is -0.211. The number of hydrogen-bond donors (Lipinski definition) is 1. The highest BCUT2D eigenvalue weighted by Gasteiger charge is 2.09. The van der Waals surface area contributed by atoms with Crippen LogP contribution < -0.4 is 0 Å². The lowest BCUT2D eigenvalue weighted by Gasteiger charge is -2.08. The lowest BCUT2D eigenvalue weighted by Crippen LogP contribution is -2.01. The molecule has 3 rings (SSSR count). The summed E-state index contributed by atoms with van der Waals surface area (Å²) in [7, 11) is 0. The molecule has 0 atom stereocenters. The van der Waals surface area contributed by atoms with E-state index in [1.807, 2.05) is 22.8 Å². The third-order valence-electron chi connectivity index (χ3n) is 3.64. The Labute approximate surface area is 121 Å². The topological polar surface area (TPSA) is 20.7 Å². The number of H-pyrrole nitrogens is 1. The van der Waals surface area contributed by atoms with Crippen LogP contribution in [-0.4, -0.2) is 9.55 Å². The second kappa shape index (κ2) is 4.87. The van der Waals surface area contributed by atoms with Gasteiger partial charge in [-0.2, -0.15) is 0 Å². The Kier molecular flexibility index (Phi) is 3.18. The van der Waals surface area contributed by atoms with Crippen LogP contribution in [0.15, 0.2) is 36.4 Å². The summed E-state index contributed by atoms with van der Waals surface area (Å²) in [5.74, 6) is -0.211. The second-order valence-electron chi connectivity index (χ2n) is 5.06. The van der Waals surface area contributed by atoms with Crippen LogP contribution in [0.1, 0.15) is 16.7 Å². The zero-order valence-electron chi connectivity index (χ0n) is 11.4. The van der Waals surface area contributed by atoms with E-state index < -0.39 is 0 Å². The molecule has 0 amide bonds. The predicted octanol–water partition coefficient (Wildman–Crippen LogP) is 4.50. The van der Waals surface area contributed by atoms with Gasteiger partial charge < -0.3 is 9.55 Å². The number of hydrogen-bond acceptors (Lipinski definition) is 1. The van der Waals surface area contributed by atoms with Crippen LogP contribution in [0, 0.1) is 24.4 Å². The van der Waals surface area contributed by atoms with Gasteiger partial charge in [-0.05, 0) is 54.9 Å². The van der Waals surface area contributed by atoms with Crippen molar-refractivity contribution in [3.05, 3.63) is 63.7 Å². The van der Waals surface area contributed by atoms with Crippen LogP contribution in [0.25, 0.3) is 11.0 Å². The van der Waals surface area contributed by atoms with Crippen molar-refractivity contribution in [2.75, 3.05) is 0 Å². The van der Waals surface area contributed by atoms with E-state index in [0.717, 1.165) is 11.0 Å². The summed E-state index contributed by atoms with van der Waals surface area (Å²) in [4.78, 5) is 3.07. The molecular formula is C16H15FN2S. The van der Waals surface area contributed by atoms with Crippen LogP contribution in [0.5, 0.6) is 0 Å². The Hall–Kier alpha value is -1.94. The molecule has 0 saturated heterocycles. The maximum Gasteiger partial charge on any atom is 0.178 e. The lowest BCUT2D eigenvalue weighted by molar-refractivity contribution is 0.620. The van der Waals surface area contributed by atoms with Gasteiger partial charge in [-0.25, -0.2) is 4.39 Å². The van der Waals surface area contributed by atoms with Crippen LogP contribution >= 0.6 is 12.2 Å². The Morgan fingerprint density at radius 1 is 1.15 bits per heavy atom. The van der Waals surface area contributed by atoms with Crippen molar-refractivity contribution in [2.45, 2.75) is 20.4 Å². The van der Waals surface area contributed by atoms with Crippen molar-refractivity contribution >= 4 is 23.3 Å². The van der Waals surface area contributed by atoms with Crippen molar-refractivity contribution in [3.8, 4) is 0 Å². The van der Waals surface area contributed by atoms with Crippen molar-refractivity contribution in [3.63, 3.8) is 0 Å². The minimum Gasteiger partial charge on any atom is -0.330 e. The first-order valence-corrected chi connectivity index (χ1v) is 6.90. The molecule has 4 heteroatoms. The highest BCUT2D eigenvalue weighted by molar-refractivity contribution is 7.71. The van der Waals surface area contributed by atoms with Gasteiger partial charge in [-0.15, -0.1) is 0 Å². The maximum absolute atomic E-state index is 13.6. The molecule has 0 bridgehead atoms. The molecule has 0 spiro atoms. The highest BCUT2D eigenvalue weighted by Crippen LogP contribution is 2.20. The molecule has 0 unspecified atom stereocenters. The molecule has 0 saturated carbocycles. The molecule has 2 aromatic carbocycles. The average molecular weight is 286 g/mol. The summed E-state index contributed by atoms with van der Waals surface area (Å²) in [6.07, 6.45) is 0. The monoisotopic (exact) mass is 286 g/mol. The molecular weight excluding hydrogens is 271 g/mol. The number of halogens is 1. The first-order chi connectivity index (χ1) is 9.56. The molecule has 1 aromatic heterocycles. The number of rotatable bonds is 2. The van der Waals surface area contributed by atoms with Gasteiger partial charge in [0.05, 0.1) is 17.6 Å². The number of aromatic nitrogens is 2. The third kappa shape index (κ3) is 2.16. The van der Waals surface area contributed by atoms with Gasteiger partial charge in [0.1, 0.15) is 5.82 Å². The van der Waals surface area contributed by atoms with E-state index in [2.05, 4.69) is 24.0 Å². The normalized spacial score (nSPS) is 11.2. The summed E-state index contributed by atoms with van der Waals surface area (Å²) in [5, 5.41) is 0. The quantitative estimate of drug-likeness (QED) is 0.688. The number of nitrogens with zero attached hydrogens (tertiary/aromatic N) is 1. The number of fused-ring (bicyclic) bond motifs is 1. The smallest absolute Gasteiger partial charge is 0.178 e. The number of nitrogens with one attached hydrogen (secondary N) is 1. The average Bonchev–Trinajstić information content (AvgIpc) is 2.69. The summed E-state index contributed by atoms with van der Waals surface area (Å²) in [5.41, 5.74) is 4.75. The Morgan fingerprint density at radius 3 is 2.65 bits per heavy atom. The molecule has 0 aliphatic heterocycles. The van der Waals surface area contributed by atoms with Gasteiger partial charge in [0, 0.05) is 0 Å². The summed E-state index contributed by atoms with van der Waals surface area (Å²) < 4.78 is 16.2. The molecule has 20 heavy (non-hydrogen) atoms. The fourth-order valence-corrected chi connectivity index (χ4v) is 2.67. The zero-order chi connectivity index (χ0) is 14.3. The fraction of sp³-hybridized carbons (Fsp3) is 0.188. The Balaban J connectivity index is 2.17. The minimum absolute atomic E-state index is 0.211. The Bertz CT molecular complexity index is 845. The molecule has 1 heterocycles. The van der Waals surface area contributed by atoms with Gasteiger partial charge in [-0.3, -0.25) is 0 Å². The van der Waals surface area contributed by atoms with E-state index in [-0.39, 0.29) is 5.82 Å². The fourth-order valence-electron chi connectivity index (χ4n) is 2.40. The largest absolute Gasteiger partial charge is 0.330 e. The van der Waals surface area contributed by atoms with E-state index >= 15 is 0 Å². The van der Waals surface area contributed by atoms with Gasteiger partial charge >= 0.3 is 0 Å². The standard InChI is InChI=1S/C16H15FN2S/c1-10-5-3-4-6-12(10)9-19-15-7-11(2)13(17)8-14(15)18-16(19)20/h3-8H,9H2,1-2H3,(H,18,20). The number of aryl methyl sites for hydroxylation is 2. The van der Waals surface area contributed by atoms with E-state index in [0.29, 0.717) is 16.9 Å². The van der Waals surface area contributed by atoms with Crippen molar-refractivity contribution in [2.24, 2.45) is 0 Å². The van der Waals surface area contributed by atoms with Gasteiger partial charge in [0.15, 0.2) is 4.77 Å². The molecule has 0 aliphatic rings. The summed E-state index contributed by atoms with van der Waals surface area (Å²) >= 11 is 5.37. The van der Waals surface area contributed by atoms with E-state index in [1.165, 1.54) is 17.2 Å². The van der Waals surface area contributed by atoms with Crippen molar-refractivity contribution in [1.82, 2.24) is 9.55 Å². The predicted molar refractivity (Wildman–Crippen MR) is 82.1 cm³/mol. The number of imidazole rings is 1. The molecule has 0 radical (unpaired) electrons. The SMILES string of the molecule is Cc1cc2c(cc1F)[nH]c(=S)n2Cc1ccccc1C. The summed E-state index contributed by atoms with van der Waals surface area (Å²) in [6.45, 7) is 4.54. The zero-order valence-corrected chi connectivity index (χ0v) is 12.2. The molecule has 3 aromatic rings. The maximum atomic E-state index is 13.6. The van der Waals surface area contributed by atoms with E-state index in [9.17, 15) is 4.39 Å². The number of benzene rings is 2. The van der Waals surface area contributed by atoms with Gasteiger partial charge in [0.2, 0.25) is 0 Å². The molecule has 2 nitrogen and oxygen atoms in total. The molecule has 1 N–H and O–H groups in total. The third-order valence-corrected chi connectivity index (χ3v) is 3.97.